The van der Waals surface area contributed by atoms with Gasteiger partial charge >= 0.3 is 0 Å². The number of nitrogens with zero attached hydrogens (tertiary/aromatic N) is 1. The third-order valence-corrected chi connectivity index (χ3v) is 2.73. The van der Waals surface area contributed by atoms with Crippen molar-refractivity contribution in [2.45, 2.75) is 32.3 Å². The van der Waals surface area contributed by atoms with Gasteiger partial charge in [-0.25, -0.2) is 0 Å². The van der Waals surface area contributed by atoms with Crippen molar-refractivity contribution in [1.82, 2.24) is 4.98 Å². The average Bonchev–Trinajstić information content (AvgIpc) is 2.46. The Morgan fingerprint density at radius 3 is 3.23 bits per heavy atom. The molecule has 1 atom stereocenters. The standard InChI is InChI=1S/C11H15NO/c1-3-13-11(2)7-6-9-5-4-8-12-10(9)11/h4-5,8H,3,6-7H2,1-2H3/t11-/m1/s1. The first-order valence-corrected chi connectivity index (χ1v) is 4.84. The number of hydrogen-bond acceptors (Lipinski definition) is 2. The molecule has 0 fully saturated rings. The zero-order chi connectivity index (χ0) is 9.31. The first kappa shape index (κ1) is 8.70. The SMILES string of the molecule is CCO[C@]1(C)CCc2cccnc21. The molecule has 2 nitrogen and oxygen atoms in total. The molecule has 0 N–H and O–H groups in total. The van der Waals surface area contributed by atoms with Crippen LogP contribution in [0.25, 0.3) is 0 Å². The lowest BCUT2D eigenvalue weighted by molar-refractivity contribution is -0.0306. The van der Waals surface area contributed by atoms with Gasteiger partial charge < -0.3 is 4.74 Å². The fraction of sp³-hybridized carbons (Fsp3) is 0.545. The lowest BCUT2D eigenvalue weighted by Crippen LogP contribution is -2.23. The third kappa shape index (κ3) is 1.35. The summed E-state index contributed by atoms with van der Waals surface area (Å²) in [6, 6.07) is 4.14. The van der Waals surface area contributed by atoms with E-state index in [0.717, 1.165) is 25.1 Å². The van der Waals surface area contributed by atoms with Gasteiger partial charge in [0.2, 0.25) is 0 Å². The van der Waals surface area contributed by atoms with Gasteiger partial charge in [0.05, 0.1) is 5.69 Å². The van der Waals surface area contributed by atoms with Gasteiger partial charge in [0.1, 0.15) is 5.60 Å². The van der Waals surface area contributed by atoms with E-state index < -0.39 is 0 Å². The molecular formula is C11H15NO. The largest absolute Gasteiger partial charge is 0.369 e. The summed E-state index contributed by atoms with van der Waals surface area (Å²) in [6.45, 7) is 4.92. The van der Waals surface area contributed by atoms with Crippen molar-refractivity contribution in [2.24, 2.45) is 0 Å². The van der Waals surface area contributed by atoms with Crippen LogP contribution in [0.4, 0.5) is 0 Å². The molecule has 2 rings (SSSR count). The van der Waals surface area contributed by atoms with Crippen LogP contribution in [0.2, 0.25) is 0 Å². The summed E-state index contributed by atoms with van der Waals surface area (Å²) < 4.78 is 5.75. The highest BCUT2D eigenvalue weighted by Gasteiger charge is 2.35. The van der Waals surface area contributed by atoms with Crippen LogP contribution < -0.4 is 0 Å². The van der Waals surface area contributed by atoms with Crippen molar-refractivity contribution >= 4 is 0 Å². The van der Waals surface area contributed by atoms with E-state index in [4.69, 9.17) is 4.74 Å². The molecule has 2 heteroatoms. The normalized spacial score (nSPS) is 26.0. The maximum atomic E-state index is 5.75. The van der Waals surface area contributed by atoms with Crippen LogP contribution in [0.1, 0.15) is 31.5 Å². The Morgan fingerprint density at radius 2 is 2.46 bits per heavy atom. The summed E-state index contributed by atoms with van der Waals surface area (Å²) in [4.78, 5) is 4.41. The lowest BCUT2D eigenvalue weighted by atomic mass is 10.0. The highest BCUT2D eigenvalue weighted by Crippen LogP contribution is 2.37. The summed E-state index contributed by atoms with van der Waals surface area (Å²) in [5.41, 5.74) is 2.35. The molecule has 0 aliphatic heterocycles. The molecule has 1 aromatic heterocycles. The van der Waals surface area contributed by atoms with Gasteiger partial charge in [-0.1, -0.05) is 6.07 Å². The molecule has 0 spiro atoms. The van der Waals surface area contributed by atoms with Crippen molar-refractivity contribution in [3.05, 3.63) is 29.6 Å². The molecule has 0 radical (unpaired) electrons. The van der Waals surface area contributed by atoms with Crippen LogP contribution in [-0.4, -0.2) is 11.6 Å². The minimum atomic E-state index is -0.134. The Hall–Kier alpha value is -0.890. The zero-order valence-corrected chi connectivity index (χ0v) is 8.21. The topological polar surface area (TPSA) is 22.1 Å². The van der Waals surface area contributed by atoms with E-state index in [0.29, 0.717) is 0 Å². The Kier molecular flexibility index (Phi) is 2.08. The number of ether oxygens (including phenoxy) is 1. The second-order valence-corrected chi connectivity index (χ2v) is 3.67. The predicted molar refractivity (Wildman–Crippen MR) is 51.5 cm³/mol. The van der Waals surface area contributed by atoms with Gasteiger partial charge in [0.15, 0.2) is 0 Å². The van der Waals surface area contributed by atoms with Crippen molar-refractivity contribution in [3.63, 3.8) is 0 Å². The smallest absolute Gasteiger partial charge is 0.108 e. The summed E-state index contributed by atoms with van der Waals surface area (Å²) >= 11 is 0. The Morgan fingerprint density at radius 1 is 1.62 bits per heavy atom. The number of aryl methyl sites for hydroxylation is 1. The molecule has 0 aromatic carbocycles. The van der Waals surface area contributed by atoms with Gasteiger partial charge in [-0.2, -0.15) is 0 Å². The molecule has 1 heterocycles. The predicted octanol–water partition coefficient (Wildman–Crippen LogP) is 2.28. The van der Waals surface area contributed by atoms with E-state index in [-0.39, 0.29) is 5.60 Å². The average molecular weight is 177 g/mol. The maximum Gasteiger partial charge on any atom is 0.108 e. The molecule has 0 saturated heterocycles. The van der Waals surface area contributed by atoms with Crippen molar-refractivity contribution < 1.29 is 4.74 Å². The van der Waals surface area contributed by atoms with Gasteiger partial charge in [0.25, 0.3) is 0 Å². The summed E-state index contributed by atoms with van der Waals surface area (Å²) in [6.07, 6.45) is 4.01. The zero-order valence-electron chi connectivity index (χ0n) is 8.21. The molecular weight excluding hydrogens is 162 g/mol. The quantitative estimate of drug-likeness (QED) is 0.691. The van der Waals surface area contributed by atoms with Gasteiger partial charge in [-0.3, -0.25) is 4.98 Å². The molecule has 1 aliphatic carbocycles. The van der Waals surface area contributed by atoms with Crippen LogP contribution in [0.3, 0.4) is 0 Å². The minimum absolute atomic E-state index is 0.134. The van der Waals surface area contributed by atoms with Crippen molar-refractivity contribution in [3.8, 4) is 0 Å². The van der Waals surface area contributed by atoms with Gasteiger partial charge in [-0.05, 0) is 38.3 Å². The number of hydrogen-bond donors (Lipinski definition) is 0. The van der Waals surface area contributed by atoms with Crippen LogP contribution in [0.15, 0.2) is 18.3 Å². The van der Waals surface area contributed by atoms with Crippen molar-refractivity contribution in [2.75, 3.05) is 6.61 Å². The lowest BCUT2D eigenvalue weighted by Gasteiger charge is -2.23. The highest BCUT2D eigenvalue weighted by molar-refractivity contribution is 5.30. The van der Waals surface area contributed by atoms with E-state index in [1.165, 1.54) is 5.56 Å². The van der Waals surface area contributed by atoms with Crippen LogP contribution >= 0.6 is 0 Å². The fourth-order valence-electron chi connectivity index (χ4n) is 2.07. The van der Waals surface area contributed by atoms with E-state index >= 15 is 0 Å². The Labute approximate surface area is 78.9 Å². The third-order valence-electron chi connectivity index (χ3n) is 2.73. The number of aromatic nitrogens is 1. The molecule has 0 amide bonds. The van der Waals surface area contributed by atoms with E-state index in [2.05, 4.69) is 18.0 Å². The van der Waals surface area contributed by atoms with E-state index in [1.54, 1.807) is 0 Å². The Bertz CT molecular complexity index is 307. The molecule has 0 unspecified atom stereocenters. The fourth-order valence-corrected chi connectivity index (χ4v) is 2.07. The van der Waals surface area contributed by atoms with Crippen molar-refractivity contribution in [1.29, 1.82) is 0 Å². The summed E-state index contributed by atoms with van der Waals surface area (Å²) in [5, 5.41) is 0. The Balaban J connectivity index is 2.37. The van der Waals surface area contributed by atoms with Crippen LogP contribution in [0, 0.1) is 0 Å². The molecule has 0 bridgehead atoms. The molecule has 70 valence electrons. The van der Waals surface area contributed by atoms with Gasteiger partial charge in [-0.15, -0.1) is 0 Å². The first-order valence-electron chi connectivity index (χ1n) is 4.84. The minimum Gasteiger partial charge on any atom is -0.369 e. The summed E-state index contributed by atoms with van der Waals surface area (Å²) in [5.74, 6) is 0. The first-order chi connectivity index (χ1) is 6.26. The van der Waals surface area contributed by atoms with E-state index in [9.17, 15) is 0 Å². The highest BCUT2D eigenvalue weighted by atomic mass is 16.5. The number of pyridine rings is 1. The molecule has 0 saturated carbocycles. The second-order valence-electron chi connectivity index (χ2n) is 3.67. The monoisotopic (exact) mass is 177 g/mol. The second kappa shape index (κ2) is 3.11. The van der Waals surface area contributed by atoms with E-state index in [1.807, 2.05) is 19.2 Å². The molecule has 13 heavy (non-hydrogen) atoms. The molecule has 1 aliphatic rings. The van der Waals surface area contributed by atoms with Crippen LogP contribution in [-0.2, 0) is 16.8 Å². The number of fused-ring (bicyclic) bond motifs is 1. The maximum absolute atomic E-state index is 5.75. The van der Waals surface area contributed by atoms with Crippen LogP contribution in [0.5, 0.6) is 0 Å². The van der Waals surface area contributed by atoms with Gasteiger partial charge in [0, 0.05) is 12.8 Å². The molecule has 1 aromatic rings. The number of rotatable bonds is 2. The summed E-state index contributed by atoms with van der Waals surface area (Å²) in [7, 11) is 0.